The highest BCUT2D eigenvalue weighted by atomic mass is 16.5. The van der Waals surface area contributed by atoms with E-state index in [0.29, 0.717) is 11.6 Å². The first-order valence-corrected chi connectivity index (χ1v) is 6.90. The van der Waals surface area contributed by atoms with Crippen molar-refractivity contribution in [3.05, 3.63) is 29.8 Å². The minimum absolute atomic E-state index is 0.0117. The Balaban J connectivity index is 1.87. The van der Waals surface area contributed by atoms with Crippen LogP contribution in [0.25, 0.3) is 0 Å². The van der Waals surface area contributed by atoms with Crippen LogP contribution in [-0.2, 0) is 0 Å². The van der Waals surface area contributed by atoms with Crippen LogP contribution in [0.15, 0.2) is 24.3 Å². The summed E-state index contributed by atoms with van der Waals surface area (Å²) in [6.07, 6.45) is 2.07. The van der Waals surface area contributed by atoms with Crippen LogP contribution in [0.1, 0.15) is 30.1 Å². The molecule has 1 aromatic carbocycles. The molecule has 0 bridgehead atoms. The van der Waals surface area contributed by atoms with Gasteiger partial charge in [0.05, 0.1) is 7.11 Å². The number of ether oxygens (including phenoxy) is 1. The smallest absolute Gasteiger partial charge is 0.251 e. The normalized spacial score (nSPS) is 17.2. The highest BCUT2D eigenvalue weighted by Gasteiger charge is 2.20. The highest BCUT2D eigenvalue weighted by molar-refractivity contribution is 5.94. The van der Waals surface area contributed by atoms with Crippen LogP contribution < -0.4 is 10.1 Å². The summed E-state index contributed by atoms with van der Waals surface area (Å²) in [6, 6.07) is 7.53. The maximum Gasteiger partial charge on any atom is 0.251 e. The molecule has 0 spiro atoms. The average Bonchev–Trinajstić information content (AvgIpc) is 2.48. The number of piperidine rings is 1. The van der Waals surface area contributed by atoms with Gasteiger partial charge < -0.3 is 15.0 Å². The van der Waals surface area contributed by atoms with Gasteiger partial charge in [0.1, 0.15) is 5.75 Å². The molecule has 1 aliphatic heterocycles. The first-order valence-electron chi connectivity index (χ1n) is 6.90. The molecule has 1 saturated heterocycles. The Kier molecular flexibility index (Phi) is 4.80. The van der Waals surface area contributed by atoms with E-state index in [-0.39, 0.29) is 5.91 Å². The quantitative estimate of drug-likeness (QED) is 0.901. The van der Waals surface area contributed by atoms with E-state index in [1.165, 1.54) is 0 Å². The van der Waals surface area contributed by atoms with Gasteiger partial charge in [0.15, 0.2) is 0 Å². The highest BCUT2D eigenvalue weighted by Crippen LogP contribution is 2.13. The summed E-state index contributed by atoms with van der Waals surface area (Å²) in [5.74, 6) is 0.783. The molecule has 19 heavy (non-hydrogen) atoms. The number of methoxy groups -OCH3 is 1. The van der Waals surface area contributed by atoms with E-state index in [1.807, 2.05) is 12.1 Å². The molecule has 1 fully saturated rings. The fourth-order valence-electron chi connectivity index (χ4n) is 2.40. The second-order valence-corrected chi connectivity index (χ2v) is 4.91. The van der Waals surface area contributed by atoms with E-state index in [2.05, 4.69) is 17.1 Å². The van der Waals surface area contributed by atoms with Crippen molar-refractivity contribution >= 4 is 5.91 Å². The number of hydrogen-bond acceptors (Lipinski definition) is 3. The molecular formula is C15H22N2O2. The zero-order valence-electron chi connectivity index (χ0n) is 11.7. The van der Waals surface area contributed by atoms with Gasteiger partial charge in [-0.3, -0.25) is 4.79 Å². The molecule has 1 aromatic rings. The molecule has 1 heterocycles. The summed E-state index contributed by atoms with van der Waals surface area (Å²) < 4.78 is 5.09. The molecular weight excluding hydrogens is 240 g/mol. The average molecular weight is 262 g/mol. The minimum Gasteiger partial charge on any atom is -0.497 e. The van der Waals surface area contributed by atoms with Crippen molar-refractivity contribution in [2.75, 3.05) is 26.7 Å². The van der Waals surface area contributed by atoms with Crippen LogP contribution in [0.5, 0.6) is 5.75 Å². The molecule has 0 aliphatic carbocycles. The van der Waals surface area contributed by atoms with Gasteiger partial charge in [-0.05, 0) is 43.7 Å². The molecule has 0 unspecified atom stereocenters. The SMILES string of the molecule is CCN1CCC(NC(=O)c2ccc(OC)cc2)CC1. The number of rotatable bonds is 4. The van der Waals surface area contributed by atoms with Crippen molar-refractivity contribution in [3.63, 3.8) is 0 Å². The Hall–Kier alpha value is -1.55. The van der Waals surface area contributed by atoms with E-state index < -0.39 is 0 Å². The first-order chi connectivity index (χ1) is 9.22. The van der Waals surface area contributed by atoms with Gasteiger partial charge in [-0.15, -0.1) is 0 Å². The molecule has 0 aromatic heterocycles. The molecule has 4 heteroatoms. The lowest BCUT2D eigenvalue weighted by atomic mass is 10.0. The number of nitrogens with zero attached hydrogens (tertiary/aromatic N) is 1. The lowest BCUT2D eigenvalue weighted by Crippen LogP contribution is -2.44. The second-order valence-electron chi connectivity index (χ2n) is 4.91. The Morgan fingerprint density at radius 3 is 2.47 bits per heavy atom. The molecule has 0 radical (unpaired) electrons. The molecule has 2 rings (SSSR count). The van der Waals surface area contributed by atoms with Crippen molar-refractivity contribution in [2.24, 2.45) is 0 Å². The van der Waals surface area contributed by atoms with Gasteiger partial charge in [-0.2, -0.15) is 0 Å². The molecule has 0 atom stereocenters. The Morgan fingerprint density at radius 2 is 1.95 bits per heavy atom. The second kappa shape index (κ2) is 6.57. The van der Waals surface area contributed by atoms with Crippen LogP contribution in [0.3, 0.4) is 0 Å². The van der Waals surface area contributed by atoms with Crippen LogP contribution in [-0.4, -0.2) is 43.6 Å². The Labute approximate surface area is 114 Å². The fourth-order valence-corrected chi connectivity index (χ4v) is 2.40. The number of likely N-dealkylation sites (tertiary alicyclic amines) is 1. The van der Waals surface area contributed by atoms with E-state index in [0.717, 1.165) is 38.2 Å². The maximum atomic E-state index is 12.1. The van der Waals surface area contributed by atoms with Gasteiger partial charge >= 0.3 is 0 Å². The molecule has 104 valence electrons. The third-order valence-corrected chi connectivity index (χ3v) is 3.72. The summed E-state index contributed by atoms with van der Waals surface area (Å²) in [5, 5.41) is 3.11. The molecule has 1 amide bonds. The molecule has 4 nitrogen and oxygen atoms in total. The van der Waals surface area contributed by atoms with Gasteiger partial charge in [0.2, 0.25) is 0 Å². The van der Waals surface area contributed by atoms with Gasteiger partial charge in [-0.25, -0.2) is 0 Å². The molecule has 1 aliphatic rings. The van der Waals surface area contributed by atoms with E-state index in [9.17, 15) is 4.79 Å². The summed E-state index contributed by atoms with van der Waals surface area (Å²) in [5.41, 5.74) is 0.693. The summed E-state index contributed by atoms with van der Waals surface area (Å²) in [4.78, 5) is 14.5. The standard InChI is InChI=1S/C15H22N2O2/c1-3-17-10-8-13(9-11-17)16-15(18)12-4-6-14(19-2)7-5-12/h4-7,13H,3,8-11H2,1-2H3,(H,16,18). The number of nitrogens with one attached hydrogen (secondary N) is 1. The van der Waals surface area contributed by atoms with Crippen molar-refractivity contribution in [1.82, 2.24) is 10.2 Å². The van der Waals surface area contributed by atoms with Crippen molar-refractivity contribution in [2.45, 2.75) is 25.8 Å². The van der Waals surface area contributed by atoms with Gasteiger partial charge in [0, 0.05) is 24.7 Å². The Bertz CT molecular complexity index is 409. The minimum atomic E-state index is 0.0117. The lowest BCUT2D eigenvalue weighted by molar-refractivity contribution is 0.0912. The van der Waals surface area contributed by atoms with Crippen LogP contribution in [0, 0.1) is 0 Å². The number of hydrogen-bond donors (Lipinski definition) is 1. The van der Waals surface area contributed by atoms with Gasteiger partial charge in [-0.1, -0.05) is 6.92 Å². The first kappa shape index (κ1) is 13.9. The fraction of sp³-hybridized carbons (Fsp3) is 0.533. The van der Waals surface area contributed by atoms with E-state index in [4.69, 9.17) is 4.74 Å². The Morgan fingerprint density at radius 1 is 1.32 bits per heavy atom. The zero-order chi connectivity index (χ0) is 13.7. The largest absolute Gasteiger partial charge is 0.497 e. The van der Waals surface area contributed by atoms with Crippen LogP contribution in [0.4, 0.5) is 0 Å². The topological polar surface area (TPSA) is 41.6 Å². The predicted octanol–water partition coefficient (Wildman–Crippen LogP) is 1.91. The van der Waals surface area contributed by atoms with Crippen molar-refractivity contribution < 1.29 is 9.53 Å². The monoisotopic (exact) mass is 262 g/mol. The molecule has 0 saturated carbocycles. The third-order valence-electron chi connectivity index (χ3n) is 3.72. The summed E-state index contributed by atoms with van der Waals surface area (Å²) in [7, 11) is 1.62. The van der Waals surface area contributed by atoms with Crippen LogP contribution >= 0.6 is 0 Å². The van der Waals surface area contributed by atoms with Crippen molar-refractivity contribution in [1.29, 1.82) is 0 Å². The molecule has 1 N–H and O–H groups in total. The predicted molar refractivity (Wildman–Crippen MR) is 75.6 cm³/mol. The number of carbonyl (C=O) groups excluding carboxylic acids is 1. The van der Waals surface area contributed by atoms with E-state index in [1.54, 1.807) is 19.2 Å². The summed E-state index contributed by atoms with van der Waals surface area (Å²) in [6.45, 7) is 5.42. The maximum absolute atomic E-state index is 12.1. The van der Waals surface area contributed by atoms with E-state index >= 15 is 0 Å². The number of amides is 1. The zero-order valence-corrected chi connectivity index (χ0v) is 11.7. The third kappa shape index (κ3) is 3.70. The van der Waals surface area contributed by atoms with Crippen molar-refractivity contribution in [3.8, 4) is 5.75 Å². The van der Waals surface area contributed by atoms with Crippen LogP contribution in [0.2, 0.25) is 0 Å². The summed E-state index contributed by atoms with van der Waals surface area (Å²) >= 11 is 0. The van der Waals surface area contributed by atoms with Gasteiger partial charge in [0.25, 0.3) is 5.91 Å². The lowest BCUT2D eigenvalue weighted by Gasteiger charge is -2.31. The number of benzene rings is 1. The number of carbonyl (C=O) groups is 1.